The Labute approximate surface area is 127 Å². The quantitative estimate of drug-likeness (QED) is 0.895. The Kier molecular flexibility index (Phi) is 4.11. The van der Waals surface area contributed by atoms with Crippen molar-refractivity contribution in [2.45, 2.75) is 43.7 Å². The van der Waals surface area contributed by atoms with Crippen LogP contribution in [0.4, 0.5) is 0 Å². The number of thioether (sulfide) groups is 1. The first-order chi connectivity index (χ1) is 9.22. The summed E-state index contributed by atoms with van der Waals surface area (Å²) in [5.41, 5.74) is 4.22. The maximum atomic E-state index is 5.88. The molecule has 0 fully saturated rings. The minimum Gasteiger partial charge on any atom is -0.493 e. The summed E-state index contributed by atoms with van der Waals surface area (Å²) in [6, 6.07) is 2.70. The summed E-state index contributed by atoms with van der Waals surface area (Å²) >= 11 is 5.82. The topological polar surface area (TPSA) is 21.3 Å². The molecule has 0 saturated carbocycles. The number of hydrogen-bond acceptors (Lipinski definition) is 3. The van der Waals surface area contributed by atoms with E-state index in [9.17, 15) is 0 Å². The highest BCUT2D eigenvalue weighted by molar-refractivity contribution is 9.10. The van der Waals surface area contributed by atoms with E-state index in [4.69, 9.17) is 4.74 Å². The van der Waals surface area contributed by atoms with Gasteiger partial charge in [0.2, 0.25) is 0 Å². The SMILES string of the molecule is CCCNC1c2c(Br)cc3c(c2CSC1C)OCC3. The van der Waals surface area contributed by atoms with Crippen LogP contribution in [0.1, 0.15) is 43.0 Å². The van der Waals surface area contributed by atoms with E-state index in [1.54, 1.807) is 0 Å². The lowest BCUT2D eigenvalue weighted by Gasteiger charge is -2.33. The predicted octanol–water partition coefficient (Wildman–Crippen LogP) is 4.06. The highest BCUT2D eigenvalue weighted by atomic mass is 79.9. The third-order valence-corrected chi connectivity index (χ3v) is 5.86. The zero-order chi connectivity index (χ0) is 13.4. The molecule has 2 atom stereocenters. The number of ether oxygens (including phenoxy) is 1. The molecule has 2 aliphatic rings. The molecular formula is C15H20BrNOS. The molecule has 4 heteroatoms. The standard InChI is InChI=1S/C15H20BrNOS/c1-3-5-17-14-9(2)19-8-11-13(14)12(16)7-10-4-6-18-15(10)11/h7,9,14,17H,3-6,8H2,1-2H3. The maximum Gasteiger partial charge on any atom is 0.127 e. The lowest BCUT2D eigenvalue weighted by molar-refractivity contribution is 0.353. The molecule has 19 heavy (non-hydrogen) atoms. The van der Waals surface area contributed by atoms with E-state index in [1.165, 1.54) is 33.3 Å². The second kappa shape index (κ2) is 5.66. The fraction of sp³-hybridized carbons (Fsp3) is 0.600. The van der Waals surface area contributed by atoms with Gasteiger partial charge in [-0.3, -0.25) is 0 Å². The molecule has 0 aliphatic carbocycles. The van der Waals surface area contributed by atoms with Crippen molar-refractivity contribution in [2.75, 3.05) is 13.2 Å². The van der Waals surface area contributed by atoms with Crippen LogP contribution in [0, 0.1) is 0 Å². The van der Waals surface area contributed by atoms with Gasteiger partial charge in [0, 0.05) is 33.5 Å². The van der Waals surface area contributed by atoms with E-state index in [-0.39, 0.29) is 0 Å². The number of hydrogen-bond donors (Lipinski definition) is 1. The van der Waals surface area contributed by atoms with Gasteiger partial charge < -0.3 is 10.1 Å². The Morgan fingerprint density at radius 1 is 1.53 bits per heavy atom. The normalized spacial score (nSPS) is 24.8. The van der Waals surface area contributed by atoms with Crippen LogP contribution in [0.5, 0.6) is 5.75 Å². The van der Waals surface area contributed by atoms with Crippen LogP contribution in [0.3, 0.4) is 0 Å². The van der Waals surface area contributed by atoms with Gasteiger partial charge in [0.15, 0.2) is 0 Å². The van der Waals surface area contributed by atoms with Gasteiger partial charge in [-0.1, -0.05) is 29.8 Å². The first-order valence-electron chi connectivity index (χ1n) is 7.04. The van der Waals surface area contributed by atoms with E-state index in [1.807, 2.05) is 11.8 Å². The molecule has 1 N–H and O–H groups in total. The van der Waals surface area contributed by atoms with Crippen LogP contribution in [0.2, 0.25) is 0 Å². The van der Waals surface area contributed by atoms with Crippen molar-refractivity contribution < 1.29 is 4.74 Å². The minimum absolute atomic E-state index is 0.428. The van der Waals surface area contributed by atoms with Crippen molar-refractivity contribution in [3.63, 3.8) is 0 Å². The van der Waals surface area contributed by atoms with Crippen LogP contribution in [0.25, 0.3) is 0 Å². The number of rotatable bonds is 3. The molecule has 104 valence electrons. The van der Waals surface area contributed by atoms with E-state index in [0.29, 0.717) is 11.3 Å². The third-order valence-electron chi connectivity index (χ3n) is 3.95. The summed E-state index contributed by atoms with van der Waals surface area (Å²) in [5, 5.41) is 4.31. The molecule has 0 bridgehead atoms. The van der Waals surface area contributed by atoms with Gasteiger partial charge in [-0.2, -0.15) is 11.8 Å². The van der Waals surface area contributed by atoms with Crippen LogP contribution in [-0.2, 0) is 12.2 Å². The first-order valence-corrected chi connectivity index (χ1v) is 8.88. The lowest BCUT2D eigenvalue weighted by Crippen LogP contribution is -2.33. The Hall–Kier alpha value is -0.190. The van der Waals surface area contributed by atoms with Crippen LogP contribution in [0.15, 0.2) is 10.5 Å². The third kappa shape index (κ3) is 2.43. The first kappa shape index (κ1) is 13.8. The van der Waals surface area contributed by atoms with Gasteiger partial charge in [0.05, 0.1) is 6.61 Å². The zero-order valence-electron chi connectivity index (χ0n) is 11.5. The molecule has 2 heterocycles. The molecule has 1 aromatic rings. The second-order valence-electron chi connectivity index (χ2n) is 5.29. The molecule has 0 saturated heterocycles. The highest BCUT2D eigenvalue weighted by Gasteiger charge is 2.33. The van der Waals surface area contributed by atoms with Crippen LogP contribution < -0.4 is 10.1 Å². The average Bonchev–Trinajstić information content (AvgIpc) is 2.85. The van der Waals surface area contributed by atoms with E-state index in [2.05, 4.69) is 41.2 Å². The van der Waals surface area contributed by atoms with Crippen molar-refractivity contribution in [3.05, 3.63) is 27.2 Å². The Morgan fingerprint density at radius 2 is 2.37 bits per heavy atom. The van der Waals surface area contributed by atoms with Crippen molar-refractivity contribution in [2.24, 2.45) is 0 Å². The number of fused-ring (bicyclic) bond motifs is 3. The summed E-state index contributed by atoms with van der Waals surface area (Å²) in [7, 11) is 0. The van der Waals surface area contributed by atoms with Crippen molar-refractivity contribution in [1.29, 1.82) is 0 Å². The van der Waals surface area contributed by atoms with E-state index < -0.39 is 0 Å². The highest BCUT2D eigenvalue weighted by Crippen LogP contribution is 2.47. The Balaban J connectivity index is 2.04. The summed E-state index contributed by atoms with van der Waals surface area (Å²) < 4.78 is 7.13. The second-order valence-corrected chi connectivity index (χ2v) is 7.51. The monoisotopic (exact) mass is 341 g/mol. The smallest absolute Gasteiger partial charge is 0.127 e. The largest absolute Gasteiger partial charge is 0.493 e. The van der Waals surface area contributed by atoms with E-state index in [0.717, 1.165) is 25.3 Å². The zero-order valence-corrected chi connectivity index (χ0v) is 13.9. The summed E-state index contributed by atoms with van der Waals surface area (Å²) in [6.07, 6.45) is 2.22. The summed E-state index contributed by atoms with van der Waals surface area (Å²) in [5.74, 6) is 2.24. The molecule has 1 aromatic carbocycles. The molecule has 0 radical (unpaired) electrons. The molecule has 0 aromatic heterocycles. The van der Waals surface area contributed by atoms with Gasteiger partial charge in [0.25, 0.3) is 0 Å². The molecular weight excluding hydrogens is 322 g/mol. The van der Waals surface area contributed by atoms with Crippen molar-refractivity contribution >= 4 is 27.7 Å². The molecule has 2 nitrogen and oxygen atoms in total. The van der Waals surface area contributed by atoms with Gasteiger partial charge in [-0.15, -0.1) is 0 Å². The predicted molar refractivity (Wildman–Crippen MR) is 85.1 cm³/mol. The fourth-order valence-electron chi connectivity index (χ4n) is 2.98. The van der Waals surface area contributed by atoms with E-state index >= 15 is 0 Å². The van der Waals surface area contributed by atoms with Crippen LogP contribution >= 0.6 is 27.7 Å². The Bertz CT molecular complexity index is 492. The van der Waals surface area contributed by atoms with Crippen molar-refractivity contribution in [3.8, 4) is 5.75 Å². The number of nitrogens with one attached hydrogen (secondary N) is 1. The molecule has 3 rings (SSSR count). The van der Waals surface area contributed by atoms with Gasteiger partial charge in [0.1, 0.15) is 5.75 Å². The maximum absolute atomic E-state index is 5.88. The summed E-state index contributed by atoms with van der Waals surface area (Å²) in [4.78, 5) is 0. The Morgan fingerprint density at radius 3 is 3.16 bits per heavy atom. The van der Waals surface area contributed by atoms with Crippen LogP contribution in [-0.4, -0.2) is 18.4 Å². The summed E-state index contributed by atoms with van der Waals surface area (Å²) in [6.45, 7) is 6.45. The number of benzene rings is 1. The minimum atomic E-state index is 0.428. The molecule has 0 spiro atoms. The number of halogens is 1. The van der Waals surface area contributed by atoms with Gasteiger partial charge >= 0.3 is 0 Å². The molecule has 2 aliphatic heterocycles. The lowest BCUT2D eigenvalue weighted by atomic mass is 9.95. The molecule has 2 unspecified atom stereocenters. The van der Waals surface area contributed by atoms with Crippen molar-refractivity contribution in [1.82, 2.24) is 5.32 Å². The molecule has 0 amide bonds. The fourth-order valence-corrected chi connectivity index (χ4v) is 4.88. The van der Waals surface area contributed by atoms with Gasteiger partial charge in [-0.05, 0) is 30.2 Å². The average molecular weight is 342 g/mol. The van der Waals surface area contributed by atoms with Gasteiger partial charge in [-0.25, -0.2) is 0 Å².